The SMILES string of the molecule is CC(OC(=O)Nc1c(F)cnn1-c1ccc(-c2ccc(C3(C(=O)O)CC3)cc2)cc1)c1ccccc1. The Balaban J connectivity index is 1.30. The van der Waals surface area contributed by atoms with E-state index in [0.717, 1.165) is 28.5 Å². The predicted octanol–water partition coefficient (Wildman–Crippen LogP) is 6.10. The van der Waals surface area contributed by atoms with Gasteiger partial charge in [0.25, 0.3) is 0 Å². The summed E-state index contributed by atoms with van der Waals surface area (Å²) in [6, 6.07) is 24.0. The van der Waals surface area contributed by atoms with Gasteiger partial charge in [0.05, 0.1) is 17.3 Å². The first kappa shape index (κ1) is 23.3. The molecule has 0 aliphatic heterocycles. The van der Waals surface area contributed by atoms with Crippen LogP contribution in [0.3, 0.4) is 0 Å². The molecular formula is C28H24FN3O4. The highest BCUT2D eigenvalue weighted by Crippen LogP contribution is 2.48. The lowest BCUT2D eigenvalue weighted by molar-refractivity contribution is -0.140. The summed E-state index contributed by atoms with van der Waals surface area (Å²) in [6.45, 7) is 1.74. The van der Waals surface area contributed by atoms with E-state index in [1.54, 1.807) is 19.1 Å². The van der Waals surface area contributed by atoms with Crippen LogP contribution in [0, 0.1) is 5.82 Å². The van der Waals surface area contributed by atoms with Crippen molar-refractivity contribution in [3.05, 3.63) is 102 Å². The number of anilines is 1. The molecule has 7 nitrogen and oxygen atoms in total. The monoisotopic (exact) mass is 485 g/mol. The van der Waals surface area contributed by atoms with Crippen molar-refractivity contribution in [3.8, 4) is 16.8 Å². The average molecular weight is 486 g/mol. The third-order valence-electron chi connectivity index (χ3n) is 6.54. The third kappa shape index (κ3) is 4.45. The highest BCUT2D eigenvalue weighted by molar-refractivity contribution is 5.85. The summed E-state index contributed by atoms with van der Waals surface area (Å²) >= 11 is 0. The van der Waals surface area contributed by atoms with Gasteiger partial charge in [0, 0.05) is 0 Å². The van der Waals surface area contributed by atoms with Crippen LogP contribution in [0.15, 0.2) is 85.1 Å². The summed E-state index contributed by atoms with van der Waals surface area (Å²) in [5, 5.41) is 16.0. The normalized spacial score (nSPS) is 14.6. The van der Waals surface area contributed by atoms with Crippen LogP contribution in [0.2, 0.25) is 0 Å². The van der Waals surface area contributed by atoms with E-state index in [1.807, 2.05) is 66.7 Å². The molecule has 1 fully saturated rings. The molecule has 5 rings (SSSR count). The zero-order chi connectivity index (χ0) is 25.3. The molecule has 3 aromatic carbocycles. The molecule has 36 heavy (non-hydrogen) atoms. The van der Waals surface area contributed by atoms with E-state index in [2.05, 4.69) is 10.4 Å². The van der Waals surface area contributed by atoms with Gasteiger partial charge in [0.2, 0.25) is 0 Å². The number of hydrogen-bond acceptors (Lipinski definition) is 4. The molecule has 1 aliphatic rings. The lowest BCUT2D eigenvalue weighted by atomic mass is 9.94. The Morgan fingerprint density at radius 2 is 1.61 bits per heavy atom. The lowest BCUT2D eigenvalue weighted by Crippen LogP contribution is -2.19. The van der Waals surface area contributed by atoms with Gasteiger partial charge in [-0.25, -0.2) is 13.9 Å². The Hall–Kier alpha value is -4.46. The number of nitrogens with one attached hydrogen (secondary N) is 1. The molecule has 1 aromatic heterocycles. The van der Waals surface area contributed by atoms with Gasteiger partial charge in [-0.1, -0.05) is 66.7 Å². The molecule has 8 heteroatoms. The van der Waals surface area contributed by atoms with E-state index in [-0.39, 0.29) is 5.82 Å². The number of carboxylic acid groups (broad SMARTS) is 1. The van der Waals surface area contributed by atoms with Crippen LogP contribution in [0.4, 0.5) is 15.0 Å². The molecule has 0 saturated heterocycles. The predicted molar refractivity (Wildman–Crippen MR) is 132 cm³/mol. The number of ether oxygens (including phenoxy) is 1. The fourth-order valence-electron chi connectivity index (χ4n) is 4.24. The second-order valence-electron chi connectivity index (χ2n) is 8.85. The largest absolute Gasteiger partial charge is 0.481 e. The van der Waals surface area contributed by atoms with Crippen molar-refractivity contribution < 1.29 is 23.8 Å². The van der Waals surface area contributed by atoms with Gasteiger partial charge in [0.15, 0.2) is 11.6 Å². The first-order valence-corrected chi connectivity index (χ1v) is 11.6. The molecule has 1 amide bonds. The van der Waals surface area contributed by atoms with Crippen molar-refractivity contribution in [2.24, 2.45) is 0 Å². The van der Waals surface area contributed by atoms with Crippen molar-refractivity contribution in [2.45, 2.75) is 31.3 Å². The zero-order valence-electron chi connectivity index (χ0n) is 19.5. The highest BCUT2D eigenvalue weighted by atomic mass is 19.1. The maximum absolute atomic E-state index is 14.5. The van der Waals surface area contributed by atoms with Crippen molar-refractivity contribution in [1.82, 2.24) is 9.78 Å². The second kappa shape index (κ2) is 9.30. The van der Waals surface area contributed by atoms with Crippen LogP contribution < -0.4 is 5.32 Å². The van der Waals surface area contributed by atoms with Gasteiger partial charge < -0.3 is 9.84 Å². The smallest absolute Gasteiger partial charge is 0.413 e. The minimum absolute atomic E-state index is 0.124. The number of halogens is 1. The molecule has 1 saturated carbocycles. The van der Waals surface area contributed by atoms with Gasteiger partial charge in [-0.2, -0.15) is 5.10 Å². The molecule has 4 aromatic rings. The van der Waals surface area contributed by atoms with E-state index in [0.29, 0.717) is 18.5 Å². The van der Waals surface area contributed by atoms with Gasteiger partial charge in [-0.15, -0.1) is 0 Å². The standard InChI is InChI=1S/C28H24FN3O4/c1-18(19-5-3-2-4-6-19)36-27(35)31-25-24(29)17-30-32(25)23-13-9-21(10-14-23)20-7-11-22(12-8-20)28(15-16-28)26(33)34/h2-14,17-18H,15-16H2,1H3,(H,31,35)(H,33,34). The second-order valence-corrected chi connectivity index (χ2v) is 8.85. The average Bonchev–Trinajstić information content (AvgIpc) is 3.64. The minimum atomic E-state index is -0.793. The van der Waals surface area contributed by atoms with E-state index in [4.69, 9.17) is 4.74 Å². The number of benzene rings is 3. The topological polar surface area (TPSA) is 93.5 Å². The number of amides is 1. The van der Waals surface area contributed by atoms with Crippen LogP contribution in [-0.4, -0.2) is 26.9 Å². The first-order valence-electron chi connectivity index (χ1n) is 11.6. The maximum atomic E-state index is 14.5. The van der Waals surface area contributed by atoms with Gasteiger partial charge in [-0.3, -0.25) is 10.1 Å². The Bertz CT molecular complexity index is 1400. The highest BCUT2D eigenvalue weighted by Gasteiger charge is 2.51. The minimum Gasteiger partial charge on any atom is -0.481 e. The van der Waals surface area contributed by atoms with Gasteiger partial charge in [0.1, 0.15) is 6.10 Å². The van der Waals surface area contributed by atoms with Crippen LogP contribution in [0.25, 0.3) is 16.8 Å². The zero-order valence-corrected chi connectivity index (χ0v) is 19.5. The Labute approximate surface area is 207 Å². The van der Waals surface area contributed by atoms with Crippen molar-refractivity contribution in [1.29, 1.82) is 0 Å². The number of carboxylic acids is 1. The fourth-order valence-corrected chi connectivity index (χ4v) is 4.24. The number of carbonyl (C=O) groups is 2. The molecule has 1 heterocycles. The summed E-state index contributed by atoms with van der Waals surface area (Å²) in [5.41, 5.74) is 3.27. The number of rotatable bonds is 7. The van der Waals surface area contributed by atoms with Crippen LogP contribution in [-0.2, 0) is 14.9 Å². The lowest BCUT2D eigenvalue weighted by Gasteiger charge is -2.15. The Morgan fingerprint density at radius 1 is 1.00 bits per heavy atom. The van der Waals surface area contributed by atoms with Gasteiger partial charge in [-0.05, 0) is 54.2 Å². The molecule has 1 unspecified atom stereocenters. The Kier molecular flexibility index (Phi) is 6.01. The maximum Gasteiger partial charge on any atom is 0.413 e. The molecule has 1 atom stereocenters. The Morgan fingerprint density at radius 3 is 2.19 bits per heavy atom. The summed E-state index contributed by atoms with van der Waals surface area (Å²) < 4.78 is 21.1. The molecule has 1 aliphatic carbocycles. The molecule has 0 radical (unpaired) electrons. The third-order valence-corrected chi connectivity index (χ3v) is 6.54. The van der Waals surface area contributed by atoms with E-state index >= 15 is 0 Å². The number of hydrogen-bond donors (Lipinski definition) is 2. The van der Waals surface area contributed by atoms with Crippen molar-refractivity contribution >= 4 is 17.9 Å². The number of carbonyl (C=O) groups excluding carboxylic acids is 1. The van der Waals surface area contributed by atoms with Crippen molar-refractivity contribution in [2.75, 3.05) is 5.32 Å². The van der Waals surface area contributed by atoms with E-state index in [1.165, 1.54) is 4.68 Å². The summed E-state index contributed by atoms with van der Waals surface area (Å²) in [6.07, 6.45) is 1.04. The first-order chi connectivity index (χ1) is 17.4. The van der Waals surface area contributed by atoms with Crippen LogP contribution in [0.5, 0.6) is 0 Å². The molecule has 2 N–H and O–H groups in total. The molecule has 182 valence electrons. The van der Waals surface area contributed by atoms with E-state index < -0.39 is 29.4 Å². The number of aromatic nitrogens is 2. The fraction of sp³-hybridized carbons (Fsp3) is 0.179. The summed E-state index contributed by atoms with van der Waals surface area (Å²) in [5.74, 6) is -1.60. The summed E-state index contributed by atoms with van der Waals surface area (Å²) in [4.78, 5) is 24.0. The molecule has 0 spiro atoms. The summed E-state index contributed by atoms with van der Waals surface area (Å²) in [7, 11) is 0. The number of nitrogens with zero attached hydrogens (tertiary/aromatic N) is 2. The van der Waals surface area contributed by atoms with Crippen molar-refractivity contribution in [3.63, 3.8) is 0 Å². The van der Waals surface area contributed by atoms with Crippen LogP contribution >= 0.6 is 0 Å². The molecular weight excluding hydrogens is 461 g/mol. The van der Waals surface area contributed by atoms with Gasteiger partial charge >= 0.3 is 12.1 Å². The quantitative estimate of drug-likeness (QED) is 0.330. The van der Waals surface area contributed by atoms with Crippen LogP contribution in [0.1, 0.15) is 37.0 Å². The molecule has 0 bridgehead atoms. The number of aliphatic carboxylic acids is 1. The van der Waals surface area contributed by atoms with E-state index in [9.17, 15) is 19.1 Å².